The third kappa shape index (κ3) is 2.30. The van der Waals surface area contributed by atoms with Crippen molar-refractivity contribution in [2.45, 2.75) is 6.43 Å². The summed E-state index contributed by atoms with van der Waals surface area (Å²) in [6.07, 6.45) is -2.02. The molecule has 17 heavy (non-hydrogen) atoms. The van der Waals surface area contributed by atoms with Gasteiger partial charge in [-0.25, -0.2) is 13.6 Å². The number of nitriles is 1. The van der Waals surface area contributed by atoms with Gasteiger partial charge < -0.3 is 9.47 Å². The molecule has 1 rings (SSSR count). The van der Waals surface area contributed by atoms with Crippen LogP contribution in [0.5, 0.6) is 5.75 Å². The van der Waals surface area contributed by atoms with E-state index >= 15 is 0 Å². The van der Waals surface area contributed by atoms with Crippen molar-refractivity contribution in [2.24, 2.45) is 0 Å². The van der Waals surface area contributed by atoms with E-state index in [9.17, 15) is 13.6 Å². The molecule has 0 aliphatic carbocycles. The molecule has 0 unspecified atom stereocenters. The monoisotopic (exact) mass is 242 g/mol. The Hall–Kier alpha value is -2.23. The number of methoxy groups -OCH3 is 2. The molecule has 1 heterocycles. The molecule has 0 amide bonds. The number of rotatable bonds is 3. The van der Waals surface area contributed by atoms with Gasteiger partial charge in [0, 0.05) is 0 Å². The fraction of sp³-hybridized carbons (Fsp3) is 0.300. The van der Waals surface area contributed by atoms with Crippen LogP contribution in [0.4, 0.5) is 8.78 Å². The van der Waals surface area contributed by atoms with Crippen LogP contribution >= 0.6 is 0 Å². The Morgan fingerprint density at radius 1 is 1.53 bits per heavy atom. The summed E-state index contributed by atoms with van der Waals surface area (Å²) in [6.45, 7) is 0. The van der Waals surface area contributed by atoms with Gasteiger partial charge >= 0.3 is 5.97 Å². The first-order valence-corrected chi connectivity index (χ1v) is 4.40. The van der Waals surface area contributed by atoms with Gasteiger partial charge in [-0.1, -0.05) is 0 Å². The first-order chi connectivity index (χ1) is 8.06. The zero-order valence-electron chi connectivity index (χ0n) is 9.03. The summed E-state index contributed by atoms with van der Waals surface area (Å²) in [5.74, 6) is -1.11. The van der Waals surface area contributed by atoms with E-state index in [1.54, 1.807) is 6.07 Å². The number of hydrogen-bond acceptors (Lipinski definition) is 5. The molecule has 0 aliphatic heterocycles. The standard InChI is InChI=1S/C10H8F2N2O3/c1-16-6-4-14-8(9(11)12)7(5(6)3-13)10(15)17-2/h4,9H,1-2H3. The number of ether oxygens (including phenoxy) is 2. The molecule has 90 valence electrons. The second-order valence-corrected chi connectivity index (χ2v) is 2.87. The molecule has 5 nitrogen and oxygen atoms in total. The molecule has 0 radical (unpaired) electrons. The van der Waals surface area contributed by atoms with E-state index < -0.39 is 23.7 Å². The molecule has 0 N–H and O–H groups in total. The molecule has 0 aliphatic rings. The van der Waals surface area contributed by atoms with Crippen LogP contribution in [0.1, 0.15) is 28.0 Å². The lowest BCUT2D eigenvalue weighted by molar-refractivity contribution is 0.0586. The molecule has 1 aromatic rings. The Morgan fingerprint density at radius 2 is 2.18 bits per heavy atom. The lowest BCUT2D eigenvalue weighted by Gasteiger charge is -2.10. The number of carbonyl (C=O) groups excluding carboxylic acids is 1. The van der Waals surface area contributed by atoms with E-state index in [4.69, 9.17) is 10.00 Å². The minimum Gasteiger partial charge on any atom is -0.494 e. The fourth-order valence-corrected chi connectivity index (χ4v) is 1.25. The predicted octanol–water partition coefficient (Wildman–Crippen LogP) is 1.69. The van der Waals surface area contributed by atoms with Crippen molar-refractivity contribution >= 4 is 5.97 Å². The highest BCUT2D eigenvalue weighted by Crippen LogP contribution is 2.29. The summed E-state index contributed by atoms with van der Waals surface area (Å²) in [5.41, 5.74) is -1.68. The van der Waals surface area contributed by atoms with E-state index in [-0.39, 0.29) is 11.3 Å². The van der Waals surface area contributed by atoms with E-state index in [0.29, 0.717) is 0 Å². The number of carbonyl (C=O) groups is 1. The van der Waals surface area contributed by atoms with E-state index in [1.165, 1.54) is 7.11 Å². The lowest BCUT2D eigenvalue weighted by atomic mass is 10.1. The summed E-state index contributed by atoms with van der Waals surface area (Å²) in [4.78, 5) is 14.8. The Balaban J connectivity index is 3.57. The summed E-state index contributed by atoms with van der Waals surface area (Å²) >= 11 is 0. The lowest BCUT2D eigenvalue weighted by Crippen LogP contribution is -2.12. The molecule has 7 heteroatoms. The van der Waals surface area contributed by atoms with E-state index in [2.05, 4.69) is 9.72 Å². The van der Waals surface area contributed by atoms with Gasteiger partial charge in [0.1, 0.15) is 22.9 Å². The van der Waals surface area contributed by atoms with Gasteiger partial charge in [-0.2, -0.15) is 5.26 Å². The van der Waals surface area contributed by atoms with Crippen molar-refractivity contribution in [3.8, 4) is 11.8 Å². The summed E-state index contributed by atoms with van der Waals surface area (Å²) in [6, 6.07) is 1.63. The first kappa shape index (κ1) is 12.8. The maximum Gasteiger partial charge on any atom is 0.341 e. The highest BCUT2D eigenvalue weighted by molar-refractivity contribution is 5.94. The van der Waals surface area contributed by atoms with E-state index in [1.807, 2.05) is 0 Å². The van der Waals surface area contributed by atoms with Crippen LogP contribution in [0.2, 0.25) is 0 Å². The average molecular weight is 242 g/mol. The summed E-state index contributed by atoms with van der Waals surface area (Å²) in [5, 5.41) is 8.87. The molecule has 0 aromatic carbocycles. The molecular formula is C10H8F2N2O3. The molecule has 0 bridgehead atoms. The zero-order chi connectivity index (χ0) is 13.0. The van der Waals surface area contributed by atoms with Crippen molar-refractivity contribution in [2.75, 3.05) is 14.2 Å². The van der Waals surface area contributed by atoms with Gasteiger partial charge in [0.2, 0.25) is 0 Å². The molecule has 1 aromatic heterocycles. The molecule has 0 spiro atoms. The SMILES string of the molecule is COC(=O)c1c(C(F)F)ncc(OC)c1C#N. The van der Waals surface area contributed by atoms with Crippen LogP contribution in [0.3, 0.4) is 0 Å². The van der Waals surface area contributed by atoms with Gasteiger partial charge in [-0.3, -0.25) is 4.98 Å². The van der Waals surface area contributed by atoms with Crippen LogP contribution < -0.4 is 4.74 Å². The van der Waals surface area contributed by atoms with Crippen molar-refractivity contribution in [3.05, 3.63) is 23.0 Å². The van der Waals surface area contributed by atoms with Gasteiger partial charge in [0.15, 0.2) is 5.75 Å². The second kappa shape index (κ2) is 5.21. The second-order valence-electron chi connectivity index (χ2n) is 2.87. The van der Waals surface area contributed by atoms with Gasteiger partial charge in [0.25, 0.3) is 6.43 Å². The summed E-state index contributed by atoms with van der Waals surface area (Å²) < 4.78 is 34.4. The highest BCUT2D eigenvalue weighted by atomic mass is 19.3. The van der Waals surface area contributed by atoms with E-state index in [0.717, 1.165) is 13.3 Å². The number of halogens is 2. The maximum absolute atomic E-state index is 12.7. The number of aromatic nitrogens is 1. The maximum atomic E-state index is 12.7. The minimum atomic E-state index is -2.98. The highest BCUT2D eigenvalue weighted by Gasteiger charge is 2.27. The van der Waals surface area contributed by atoms with Crippen LogP contribution in [0.15, 0.2) is 6.20 Å². The van der Waals surface area contributed by atoms with Crippen LogP contribution in [-0.4, -0.2) is 25.2 Å². The van der Waals surface area contributed by atoms with Crippen LogP contribution in [0, 0.1) is 11.3 Å². The number of hydrogen-bond donors (Lipinski definition) is 0. The molecule has 0 saturated heterocycles. The van der Waals surface area contributed by atoms with Gasteiger partial charge in [0.05, 0.1) is 20.4 Å². The Kier molecular flexibility index (Phi) is 3.93. The number of nitrogens with zero attached hydrogens (tertiary/aromatic N) is 2. The summed E-state index contributed by atoms with van der Waals surface area (Å²) in [7, 11) is 2.26. The number of pyridine rings is 1. The topological polar surface area (TPSA) is 72.2 Å². The van der Waals surface area contributed by atoms with Gasteiger partial charge in [-0.05, 0) is 0 Å². The smallest absolute Gasteiger partial charge is 0.341 e. The molecule has 0 fully saturated rings. The van der Waals surface area contributed by atoms with Crippen LogP contribution in [-0.2, 0) is 4.74 Å². The van der Waals surface area contributed by atoms with Crippen molar-refractivity contribution in [1.29, 1.82) is 5.26 Å². The van der Waals surface area contributed by atoms with Crippen LogP contribution in [0.25, 0.3) is 0 Å². The van der Waals surface area contributed by atoms with Gasteiger partial charge in [-0.15, -0.1) is 0 Å². The minimum absolute atomic E-state index is 0.0581. The Labute approximate surface area is 95.6 Å². The number of esters is 1. The Morgan fingerprint density at radius 3 is 2.59 bits per heavy atom. The first-order valence-electron chi connectivity index (χ1n) is 4.40. The predicted molar refractivity (Wildman–Crippen MR) is 51.8 cm³/mol. The third-order valence-corrected chi connectivity index (χ3v) is 2.00. The fourth-order valence-electron chi connectivity index (χ4n) is 1.25. The number of alkyl halides is 2. The van der Waals surface area contributed by atoms with Crippen molar-refractivity contribution in [1.82, 2.24) is 4.98 Å². The normalized spacial score (nSPS) is 9.88. The Bertz CT molecular complexity index is 483. The average Bonchev–Trinajstić information content (AvgIpc) is 2.35. The quantitative estimate of drug-likeness (QED) is 0.754. The van der Waals surface area contributed by atoms with Crippen molar-refractivity contribution < 1.29 is 23.0 Å². The molecule has 0 atom stereocenters. The van der Waals surface area contributed by atoms with Crippen molar-refractivity contribution in [3.63, 3.8) is 0 Å². The zero-order valence-corrected chi connectivity index (χ0v) is 9.03. The third-order valence-electron chi connectivity index (χ3n) is 2.00. The molecular weight excluding hydrogens is 234 g/mol. The molecule has 0 saturated carbocycles. The largest absolute Gasteiger partial charge is 0.494 e.